The minimum Gasteiger partial charge on any atom is -0.358 e. The average molecular weight is 415 g/mol. The van der Waals surface area contributed by atoms with Crippen molar-refractivity contribution in [2.45, 2.75) is 19.9 Å². The van der Waals surface area contributed by atoms with Gasteiger partial charge in [0.15, 0.2) is 11.5 Å². The molecule has 0 aliphatic rings. The highest BCUT2D eigenvalue weighted by Gasteiger charge is 2.21. The Morgan fingerprint density at radius 3 is 2.71 bits per heavy atom. The largest absolute Gasteiger partial charge is 0.358 e. The van der Waals surface area contributed by atoms with Gasteiger partial charge in [0.05, 0.1) is 23.6 Å². The fraction of sp³-hybridized carbons (Fsp3) is 0.136. The number of fused-ring (bicyclic) bond motifs is 2. The maximum atomic E-state index is 14.5. The molecule has 3 heterocycles. The zero-order valence-corrected chi connectivity index (χ0v) is 16.8. The Balaban J connectivity index is 1.71. The smallest absolute Gasteiger partial charge is 0.269 e. The number of halogens is 1. The van der Waals surface area contributed by atoms with Crippen LogP contribution in [0.25, 0.3) is 27.8 Å². The molecule has 8 nitrogen and oxygen atoms in total. The summed E-state index contributed by atoms with van der Waals surface area (Å²) in [5.74, 6) is 0.357. The molecule has 1 atom stereocenters. The van der Waals surface area contributed by atoms with E-state index in [2.05, 4.69) is 30.2 Å². The van der Waals surface area contributed by atoms with Crippen LogP contribution in [0, 0.1) is 12.7 Å². The van der Waals surface area contributed by atoms with E-state index in [9.17, 15) is 9.18 Å². The zero-order chi connectivity index (χ0) is 21.5. The second kappa shape index (κ2) is 7.28. The second-order valence-electron chi connectivity index (χ2n) is 7.27. The van der Waals surface area contributed by atoms with Gasteiger partial charge >= 0.3 is 0 Å². The number of hydrogen-bond donors (Lipinski definition) is 2. The molecule has 154 valence electrons. The molecule has 3 aromatic heterocycles. The van der Waals surface area contributed by atoms with Crippen molar-refractivity contribution in [2.75, 3.05) is 5.32 Å². The SMILES string of the molecule is Cc1ccc(-n2c(C(C)Nc3ncnc4nc[nH]c34)nc3cccc(F)c3c2=O)cc1. The minimum absolute atomic E-state index is 0.0444. The van der Waals surface area contributed by atoms with E-state index in [0.717, 1.165) is 5.56 Å². The highest BCUT2D eigenvalue weighted by molar-refractivity contribution is 5.82. The minimum atomic E-state index is -0.599. The number of nitrogens with zero attached hydrogens (tertiary/aromatic N) is 5. The van der Waals surface area contributed by atoms with Crippen LogP contribution < -0.4 is 10.9 Å². The van der Waals surface area contributed by atoms with E-state index < -0.39 is 17.4 Å². The van der Waals surface area contributed by atoms with Gasteiger partial charge in [-0.3, -0.25) is 9.36 Å². The number of benzene rings is 2. The lowest BCUT2D eigenvalue weighted by Crippen LogP contribution is -2.28. The van der Waals surface area contributed by atoms with E-state index in [4.69, 9.17) is 0 Å². The molecule has 9 heteroatoms. The Labute approximate surface area is 175 Å². The van der Waals surface area contributed by atoms with Crippen molar-refractivity contribution in [1.29, 1.82) is 0 Å². The van der Waals surface area contributed by atoms with Crippen LogP contribution in [0.3, 0.4) is 0 Å². The molecule has 31 heavy (non-hydrogen) atoms. The molecular formula is C22H18FN7O. The summed E-state index contributed by atoms with van der Waals surface area (Å²) in [6, 6.07) is 11.4. The van der Waals surface area contributed by atoms with Gasteiger partial charge in [-0.15, -0.1) is 0 Å². The maximum absolute atomic E-state index is 14.5. The molecule has 0 aliphatic carbocycles. The average Bonchev–Trinajstić information content (AvgIpc) is 3.24. The summed E-state index contributed by atoms with van der Waals surface area (Å²) in [7, 11) is 0. The van der Waals surface area contributed by atoms with Gasteiger partial charge in [0, 0.05) is 0 Å². The molecule has 5 aromatic rings. The third kappa shape index (κ3) is 3.20. The predicted molar refractivity (Wildman–Crippen MR) is 116 cm³/mol. The van der Waals surface area contributed by atoms with Gasteiger partial charge in [0.2, 0.25) is 0 Å². The van der Waals surface area contributed by atoms with Gasteiger partial charge in [0.1, 0.15) is 28.9 Å². The number of hydrogen-bond acceptors (Lipinski definition) is 6. The summed E-state index contributed by atoms with van der Waals surface area (Å²) in [4.78, 5) is 33.6. The Kier molecular flexibility index (Phi) is 4.43. The van der Waals surface area contributed by atoms with Crippen LogP contribution in [-0.2, 0) is 0 Å². The summed E-state index contributed by atoms with van der Waals surface area (Å²) >= 11 is 0. The summed E-state index contributed by atoms with van der Waals surface area (Å²) in [6.45, 7) is 3.82. The topological polar surface area (TPSA) is 101 Å². The lowest BCUT2D eigenvalue weighted by Gasteiger charge is -2.20. The van der Waals surface area contributed by atoms with E-state index in [-0.39, 0.29) is 5.39 Å². The molecule has 5 rings (SSSR count). The number of aromatic amines is 1. The van der Waals surface area contributed by atoms with Crippen LogP contribution >= 0.6 is 0 Å². The molecular weight excluding hydrogens is 397 g/mol. The van der Waals surface area contributed by atoms with Crippen molar-refractivity contribution in [3.05, 3.63) is 82.7 Å². The van der Waals surface area contributed by atoms with Gasteiger partial charge < -0.3 is 10.3 Å². The van der Waals surface area contributed by atoms with Gasteiger partial charge in [0.25, 0.3) is 5.56 Å². The van der Waals surface area contributed by atoms with Crippen molar-refractivity contribution in [1.82, 2.24) is 29.5 Å². The number of rotatable bonds is 4. The monoisotopic (exact) mass is 415 g/mol. The lowest BCUT2D eigenvalue weighted by molar-refractivity contribution is 0.635. The first kappa shape index (κ1) is 18.9. The van der Waals surface area contributed by atoms with Gasteiger partial charge in [-0.2, -0.15) is 0 Å². The summed E-state index contributed by atoms with van der Waals surface area (Å²) in [5, 5.41) is 3.23. The highest BCUT2D eigenvalue weighted by Crippen LogP contribution is 2.24. The number of aromatic nitrogens is 6. The predicted octanol–water partition coefficient (Wildman–Crippen LogP) is 3.67. The van der Waals surface area contributed by atoms with Crippen LogP contribution in [0.5, 0.6) is 0 Å². The van der Waals surface area contributed by atoms with Crippen LogP contribution in [0.1, 0.15) is 24.4 Å². The van der Waals surface area contributed by atoms with E-state index in [0.29, 0.717) is 34.0 Å². The lowest BCUT2D eigenvalue weighted by atomic mass is 10.1. The van der Waals surface area contributed by atoms with E-state index >= 15 is 0 Å². The molecule has 0 radical (unpaired) electrons. The van der Waals surface area contributed by atoms with E-state index in [1.165, 1.54) is 23.3 Å². The van der Waals surface area contributed by atoms with Gasteiger partial charge in [-0.1, -0.05) is 23.8 Å². The molecule has 0 fully saturated rings. The third-order valence-electron chi connectivity index (χ3n) is 5.13. The standard InChI is InChI=1S/C22H18FN7O/c1-12-6-8-14(9-7-12)30-21(29-16-5-3-4-15(23)17(16)22(30)31)13(2)28-20-18-19(25-10-24-18)26-11-27-20/h3-11,13H,1-2H3,(H2,24,25,26,27,28). The first-order valence-corrected chi connectivity index (χ1v) is 9.72. The van der Waals surface area contributed by atoms with Crippen LogP contribution in [-0.4, -0.2) is 29.5 Å². The first-order valence-electron chi connectivity index (χ1n) is 9.72. The molecule has 0 saturated carbocycles. The number of imidazole rings is 1. The summed E-state index contributed by atoms with van der Waals surface area (Å²) in [5.41, 5.74) is 2.65. The summed E-state index contributed by atoms with van der Waals surface area (Å²) in [6.07, 6.45) is 2.95. The molecule has 0 amide bonds. The fourth-order valence-corrected chi connectivity index (χ4v) is 3.58. The van der Waals surface area contributed by atoms with Crippen molar-refractivity contribution in [3.8, 4) is 5.69 Å². The van der Waals surface area contributed by atoms with Crippen molar-refractivity contribution >= 4 is 27.9 Å². The zero-order valence-electron chi connectivity index (χ0n) is 16.8. The van der Waals surface area contributed by atoms with Crippen molar-refractivity contribution < 1.29 is 4.39 Å². The molecule has 0 saturated heterocycles. The highest BCUT2D eigenvalue weighted by atomic mass is 19.1. The molecule has 0 aliphatic heterocycles. The number of H-pyrrole nitrogens is 1. The fourth-order valence-electron chi connectivity index (χ4n) is 3.58. The Bertz CT molecular complexity index is 1470. The maximum Gasteiger partial charge on any atom is 0.269 e. The van der Waals surface area contributed by atoms with Gasteiger partial charge in [-0.05, 0) is 38.1 Å². The Hall–Kier alpha value is -4.14. The third-order valence-corrected chi connectivity index (χ3v) is 5.13. The molecule has 2 N–H and O–H groups in total. The molecule has 0 spiro atoms. The van der Waals surface area contributed by atoms with Crippen LogP contribution in [0.15, 0.2) is 59.9 Å². The molecule has 2 aromatic carbocycles. The number of aryl methyl sites for hydroxylation is 1. The second-order valence-corrected chi connectivity index (χ2v) is 7.27. The van der Waals surface area contributed by atoms with E-state index in [1.54, 1.807) is 12.1 Å². The molecule has 1 unspecified atom stereocenters. The van der Waals surface area contributed by atoms with Gasteiger partial charge in [-0.25, -0.2) is 24.3 Å². The number of anilines is 1. The van der Waals surface area contributed by atoms with Crippen molar-refractivity contribution in [2.24, 2.45) is 0 Å². The summed E-state index contributed by atoms with van der Waals surface area (Å²) < 4.78 is 16.0. The van der Waals surface area contributed by atoms with Crippen LogP contribution in [0.2, 0.25) is 0 Å². The number of nitrogens with one attached hydrogen (secondary N) is 2. The van der Waals surface area contributed by atoms with Crippen molar-refractivity contribution in [3.63, 3.8) is 0 Å². The Morgan fingerprint density at radius 1 is 1.10 bits per heavy atom. The van der Waals surface area contributed by atoms with E-state index in [1.807, 2.05) is 38.1 Å². The normalized spacial score (nSPS) is 12.4. The molecule has 0 bridgehead atoms. The Morgan fingerprint density at radius 2 is 1.90 bits per heavy atom. The first-order chi connectivity index (χ1) is 15.0. The van der Waals surface area contributed by atoms with Crippen LogP contribution in [0.4, 0.5) is 10.2 Å². The quantitative estimate of drug-likeness (QED) is 0.464.